The van der Waals surface area contributed by atoms with Crippen LogP contribution in [0.3, 0.4) is 0 Å². The Hall–Kier alpha value is -3.16. The van der Waals surface area contributed by atoms with Crippen molar-refractivity contribution in [3.63, 3.8) is 0 Å². The Labute approximate surface area is 124 Å². The molecule has 0 atom stereocenters. The second-order valence-electron chi connectivity index (χ2n) is 4.32. The zero-order valence-electron chi connectivity index (χ0n) is 11.8. The molecule has 1 aromatic carbocycles. The number of nitro groups is 1. The standard InChI is InChI=1S/C14H12N2O6/c1-8(17)15-14(18)13-6-5-11(22-13)9-3-4-12(21-2)10(7-9)16(19)20/h3-7H,1-2H3,(H,15,17,18). The first kappa shape index (κ1) is 15.2. The van der Waals surface area contributed by atoms with Crippen LogP contribution in [-0.4, -0.2) is 23.8 Å². The molecule has 1 heterocycles. The van der Waals surface area contributed by atoms with Gasteiger partial charge >= 0.3 is 5.69 Å². The zero-order chi connectivity index (χ0) is 16.3. The van der Waals surface area contributed by atoms with Gasteiger partial charge in [-0.1, -0.05) is 0 Å². The van der Waals surface area contributed by atoms with Crippen molar-refractivity contribution in [1.82, 2.24) is 5.32 Å². The molecule has 8 nitrogen and oxygen atoms in total. The molecule has 0 unspecified atom stereocenters. The van der Waals surface area contributed by atoms with Gasteiger partial charge in [0.1, 0.15) is 5.76 Å². The fourth-order valence-electron chi connectivity index (χ4n) is 1.82. The van der Waals surface area contributed by atoms with Crippen LogP contribution >= 0.6 is 0 Å². The molecule has 22 heavy (non-hydrogen) atoms. The quantitative estimate of drug-likeness (QED) is 0.684. The summed E-state index contributed by atoms with van der Waals surface area (Å²) in [7, 11) is 1.33. The second-order valence-corrected chi connectivity index (χ2v) is 4.32. The van der Waals surface area contributed by atoms with Gasteiger partial charge in [-0.05, 0) is 24.3 Å². The Bertz CT molecular complexity index is 750. The molecule has 114 valence electrons. The van der Waals surface area contributed by atoms with E-state index in [0.717, 1.165) is 0 Å². The Balaban J connectivity index is 2.35. The summed E-state index contributed by atoms with van der Waals surface area (Å²) >= 11 is 0. The van der Waals surface area contributed by atoms with E-state index in [1.807, 2.05) is 0 Å². The molecular weight excluding hydrogens is 292 g/mol. The number of imide groups is 1. The Kier molecular flexibility index (Phi) is 4.21. The number of nitrogens with one attached hydrogen (secondary N) is 1. The number of hydrogen-bond donors (Lipinski definition) is 1. The Morgan fingerprint density at radius 2 is 2.00 bits per heavy atom. The van der Waals surface area contributed by atoms with Gasteiger partial charge in [-0.15, -0.1) is 0 Å². The van der Waals surface area contributed by atoms with Crippen LogP contribution in [0, 0.1) is 10.1 Å². The van der Waals surface area contributed by atoms with Crippen molar-refractivity contribution >= 4 is 17.5 Å². The summed E-state index contributed by atoms with van der Waals surface area (Å²) in [4.78, 5) is 32.9. The van der Waals surface area contributed by atoms with E-state index < -0.39 is 16.7 Å². The van der Waals surface area contributed by atoms with E-state index in [1.165, 1.54) is 38.3 Å². The third-order valence-electron chi connectivity index (χ3n) is 2.78. The van der Waals surface area contributed by atoms with Gasteiger partial charge in [0.05, 0.1) is 12.0 Å². The van der Waals surface area contributed by atoms with Gasteiger partial charge in [0, 0.05) is 18.6 Å². The minimum Gasteiger partial charge on any atom is -0.490 e. The monoisotopic (exact) mass is 304 g/mol. The number of amides is 2. The molecule has 0 fully saturated rings. The molecule has 2 amide bonds. The number of carbonyl (C=O) groups is 2. The van der Waals surface area contributed by atoms with Crippen LogP contribution in [-0.2, 0) is 4.79 Å². The lowest BCUT2D eigenvalue weighted by molar-refractivity contribution is -0.385. The second kappa shape index (κ2) is 6.08. The van der Waals surface area contributed by atoms with Gasteiger partial charge in [-0.3, -0.25) is 25.0 Å². The molecule has 2 aromatic rings. The molecule has 1 aromatic heterocycles. The van der Waals surface area contributed by atoms with Gasteiger partial charge < -0.3 is 9.15 Å². The van der Waals surface area contributed by atoms with Gasteiger partial charge in [0.15, 0.2) is 11.5 Å². The maximum atomic E-state index is 11.6. The average molecular weight is 304 g/mol. The third-order valence-corrected chi connectivity index (χ3v) is 2.78. The fourth-order valence-corrected chi connectivity index (χ4v) is 1.82. The van der Waals surface area contributed by atoms with Crippen LogP contribution in [0.2, 0.25) is 0 Å². The Morgan fingerprint density at radius 1 is 1.27 bits per heavy atom. The van der Waals surface area contributed by atoms with Gasteiger partial charge in [0.25, 0.3) is 5.91 Å². The first-order valence-corrected chi connectivity index (χ1v) is 6.17. The summed E-state index contributed by atoms with van der Waals surface area (Å²) in [5.74, 6) is -0.872. The summed E-state index contributed by atoms with van der Waals surface area (Å²) in [6.45, 7) is 1.20. The predicted octanol–water partition coefficient (Wildman–Crippen LogP) is 2.14. The number of carbonyl (C=O) groups excluding carboxylic acids is 2. The van der Waals surface area contributed by atoms with Crippen molar-refractivity contribution in [2.45, 2.75) is 6.92 Å². The van der Waals surface area contributed by atoms with Crippen molar-refractivity contribution in [3.8, 4) is 17.1 Å². The molecule has 8 heteroatoms. The third kappa shape index (κ3) is 3.11. The number of ether oxygens (including phenoxy) is 1. The molecule has 0 radical (unpaired) electrons. The van der Waals surface area contributed by atoms with E-state index in [1.54, 1.807) is 6.07 Å². The molecule has 0 spiro atoms. The van der Waals surface area contributed by atoms with Crippen LogP contribution in [0.5, 0.6) is 5.75 Å². The van der Waals surface area contributed by atoms with E-state index in [2.05, 4.69) is 5.32 Å². The summed E-state index contributed by atoms with van der Waals surface area (Å²) < 4.78 is 10.2. The van der Waals surface area contributed by atoms with Crippen LogP contribution in [0.25, 0.3) is 11.3 Å². The van der Waals surface area contributed by atoms with E-state index in [4.69, 9.17) is 9.15 Å². The largest absolute Gasteiger partial charge is 0.490 e. The van der Waals surface area contributed by atoms with Gasteiger partial charge in [0.2, 0.25) is 5.91 Å². The summed E-state index contributed by atoms with van der Waals surface area (Å²) in [5.41, 5.74) is 0.195. The number of benzene rings is 1. The lowest BCUT2D eigenvalue weighted by atomic mass is 10.1. The lowest BCUT2D eigenvalue weighted by Gasteiger charge is -2.03. The highest BCUT2D eigenvalue weighted by atomic mass is 16.6. The van der Waals surface area contributed by atoms with Crippen molar-refractivity contribution < 1.29 is 23.7 Å². The number of nitrogens with zero attached hydrogens (tertiary/aromatic N) is 1. The molecule has 0 saturated heterocycles. The highest BCUT2D eigenvalue weighted by Gasteiger charge is 2.18. The van der Waals surface area contributed by atoms with Crippen molar-refractivity contribution in [2.75, 3.05) is 7.11 Å². The van der Waals surface area contributed by atoms with Gasteiger partial charge in [-0.2, -0.15) is 0 Å². The molecule has 0 aliphatic rings. The van der Waals surface area contributed by atoms with Crippen LogP contribution in [0.1, 0.15) is 17.5 Å². The smallest absolute Gasteiger partial charge is 0.311 e. The van der Waals surface area contributed by atoms with Gasteiger partial charge in [-0.25, -0.2) is 0 Å². The van der Waals surface area contributed by atoms with E-state index in [-0.39, 0.29) is 23.0 Å². The molecule has 0 aliphatic carbocycles. The van der Waals surface area contributed by atoms with Crippen LogP contribution < -0.4 is 10.1 Å². The number of furan rings is 1. The first-order chi connectivity index (χ1) is 10.4. The number of methoxy groups -OCH3 is 1. The molecule has 0 saturated carbocycles. The maximum Gasteiger partial charge on any atom is 0.311 e. The van der Waals surface area contributed by atoms with Crippen molar-refractivity contribution in [1.29, 1.82) is 0 Å². The van der Waals surface area contributed by atoms with Crippen molar-refractivity contribution in [2.24, 2.45) is 0 Å². The summed E-state index contributed by atoms with van der Waals surface area (Å²) in [6, 6.07) is 7.15. The molecule has 2 rings (SSSR count). The number of nitro benzene ring substituents is 1. The molecular formula is C14H12N2O6. The minimum absolute atomic E-state index is 0.0660. The van der Waals surface area contributed by atoms with E-state index in [0.29, 0.717) is 5.56 Å². The van der Waals surface area contributed by atoms with E-state index in [9.17, 15) is 19.7 Å². The average Bonchev–Trinajstić information content (AvgIpc) is 2.95. The lowest BCUT2D eigenvalue weighted by Crippen LogP contribution is -2.27. The highest BCUT2D eigenvalue weighted by Crippen LogP contribution is 2.32. The topological polar surface area (TPSA) is 112 Å². The Morgan fingerprint density at radius 3 is 2.59 bits per heavy atom. The van der Waals surface area contributed by atoms with Crippen LogP contribution in [0.15, 0.2) is 34.7 Å². The number of hydrogen-bond acceptors (Lipinski definition) is 6. The maximum absolute atomic E-state index is 11.6. The summed E-state index contributed by atoms with van der Waals surface area (Å²) in [6.07, 6.45) is 0. The SMILES string of the molecule is COc1ccc(-c2ccc(C(=O)NC(C)=O)o2)cc1[N+](=O)[O-]. The van der Waals surface area contributed by atoms with Crippen LogP contribution in [0.4, 0.5) is 5.69 Å². The zero-order valence-corrected chi connectivity index (χ0v) is 11.8. The molecule has 0 bridgehead atoms. The molecule has 0 aliphatic heterocycles. The van der Waals surface area contributed by atoms with E-state index >= 15 is 0 Å². The summed E-state index contributed by atoms with van der Waals surface area (Å²) in [5, 5.41) is 13.1. The molecule has 1 N–H and O–H groups in total. The highest BCUT2D eigenvalue weighted by molar-refractivity contribution is 6.02. The van der Waals surface area contributed by atoms with Crippen molar-refractivity contribution in [3.05, 3.63) is 46.2 Å². The first-order valence-electron chi connectivity index (χ1n) is 6.17. The minimum atomic E-state index is -0.679. The fraction of sp³-hybridized carbons (Fsp3) is 0.143. The predicted molar refractivity (Wildman–Crippen MR) is 75.5 cm³/mol. The number of rotatable bonds is 4. The normalized spacial score (nSPS) is 10.1.